The standard InChI is InChI=1S/C13H15F3N2O/c1-9(19)18-8-3-2-5-10-11(13(14,15)16)6-4-7-12(10)17/h2,4-7H,3,8,17H2,1H3,(H,18,19). The van der Waals surface area contributed by atoms with E-state index in [-0.39, 0.29) is 17.2 Å². The number of carbonyl (C=O) groups excluding carboxylic acids is 1. The lowest BCUT2D eigenvalue weighted by Crippen LogP contribution is -2.20. The van der Waals surface area contributed by atoms with Gasteiger partial charge in [-0.25, -0.2) is 0 Å². The van der Waals surface area contributed by atoms with Gasteiger partial charge in [-0.2, -0.15) is 13.2 Å². The average molecular weight is 272 g/mol. The SMILES string of the molecule is CC(=O)NCCC=Cc1c(N)cccc1C(F)(F)F. The number of benzene rings is 1. The lowest BCUT2D eigenvalue weighted by molar-refractivity contribution is -0.137. The first kappa shape index (κ1) is 15.1. The third kappa shape index (κ3) is 4.65. The zero-order chi connectivity index (χ0) is 14.5. The predicted molar refractivity (Wildman–Crippen MR) is 68.2 cm³/mol. The Morgan fingerprint density at radius 1 is 1.42 bits per heavy atom. The summed E-state index contributed by atoms with van der Waals surface area (Å²) in [6.45, 7) is 1.75. The van der Waals surface area contributed by atoms with Gasteiger partial charge in [0.25, 0.3) is 0 Å². The Morgan fingerprint density at radius 3 is 2.68 bits per heavy atom. The molecular weight excluding hydrogens is 257 g/mol. The fourth-order valence-corrected chi connectivity index (χ4v) is 1.55. The number of amides is 1. The van der Waals surface area contributed by atoms with Crippen LogP contribution in [0.1, 0.15) is 24.5 Å². The van der Waals surface area contributed by atoms with Gasteiger partial charge in [0.2, 0.25) is 5.91 Å². The highest BCUT2D eigenvalue weighted by molar-refractivity contribution is 5.72. The third-order valence-corrected chi connectivity index (χ3v) is 2.41. The fraction of sp³-hybridized carbons (Fsp3) is 0.308. The van der Waals surface area contributed by atoms with Gasteiger partial charge < -0.3 is 11.1 Å². The van der Waals surface area contributed by atoms with E-state index in [1.54, 1.807) is 6.08 Å². The second-order valence-corrected chi connectivity index (χ2v) is 3.98. The number of carbonyl (C=O) groups is 1. The van der Waals surface area contributed by atoms with Crippen molar-refractivity contribution in [2.75, 3.05) is 12.3 Å². The monoisotopic (exact) mass is 272 g/mol. The van der Waals surface area contributed by atoms with Crippen LogP contribution in [-0.2, 0) is 11.0 Å². The molecule has 1 aromatic carbocycles. The number of rotatable bonds is 4. The molecule has 1 amide bonds. The van der Waals surface area contributed by atoms with Gasteiger partial charge in [-0.3, -0.25) is 4.79 Å². The minimum absolute atomic E-state index is 0.0437. The van der Waals surface area contributed by atoms with Gasteiger partial charge >= 0.3 is 6.18 Å². The molecule has 0 aliphatic heterocycles. The van der Waals surface area contributed by atoms with Gasteiger partial charge in [-0.15, -0.1) is 0 Å². The zero-order valence-electron chi connectivity index (χ0n) is 10.4. The minimum atomic E-state index is -4.44. The van der Waals surface area contributed by atoms with Crippen molar-refractivity contribution in [3.05, 3.63) is 35.4 Å². The van der Waals surface area contributed by atoms with Crippen LogP contribution >= 0.6 is 0 Å². The summed E-state index contributed by atoms with van der Waals surface area (Å²) in [5.74, 6) is -0.177. The van der Waals surface area contributed by atoms with Crippen LogP contribution in [0.4, 0.5) is 18.9 Å². The molecule has 104 valence electrons. The number of nitrogens with one attached hydrogen (secondary N) is 1. The summed E-state index contributed by atoms with van der Waals surface area (Å²) in [7, 11) is 0. The minimum Gasteiger partial charge on any atom is -0.398 e. The van der Waals surface area contributed by atoms with E-state index in [9.17, 15) is 18.0 Å². The molecular formula is C13H15F3N2O. The molecule has 6 heteroatoms. The molecule has 0 unspecified atom stereocenters. The van der Waals surface area contributed by atoms with E-state index in [0.717, 1.165) is 6.07 Å². The summed E-state index contributed by atoms with van der Waals surface area (Å²) in [6.07, 6.45) is -1.12. The van der Waals surface area contributed by atoms with Gasteiger partial charge in [0.05, 0.1) is 5.56 Å². The molecule has 0 saturated carbocycles. The van der Waals surface area contributed by atoms with Crippen LogP contribution in [0.5, 0.6) is 0 Å². The normalized spacial score (nSPS) is 11.8. The van der Waals surface area contributed by atoms with Crippen molar-refractivity contribution in [3.8, 4) is 0 Å². The van der Waals surface area contributed by atoms with Crippen LogP contribution in [0.15, 0.2) is 24.3 Å². The van der Waals surface area contributed by atoms with Gasteiger partial charge in [-0.1, -0.05) is 18.2 Å². The topological polar surface area (TPSA) is 55.1 Å². The second-order valence-electron chi connectivity index (χ2n) is 3.98. The molecule has 0 aliphatic carbocycles. The summed E-state index contributed by atoms with van der Waals surface area (Å²) < 4.78 is 38.3. The van der Waals surface area contributed by atoms with Crippen LogP contribution in [-0.4, -0.2) is 12.5 Å². The Bertz CT molecular complexity index is 481. The molecule has 0 saturated heterocycles. The van der Waals surface area contributed by atoms with Crippen molar-refractivity contribution in [3.63, 3.8) is 0 Å². The molecule has 3 N–H and O–H groups in total. The van der Waals surface area contributed by atoms with Gasteiger partial charge in [0.15, 0.2) is 0 Å². The summed E-state index contributed by atoms with van der Waals surface area (Å²) >= 11 is 0. The molecule has 0 bridgehead atoms. The van der Waals surface area contributed by atoms with Crippen molar-refractivity contribution in [2.45, 2.75) is 19.5 Å². The smallest absolute Gasteiger partial charge is 0.398 e. The summed E-state index contributed by atoms with van der Waals surface area (Å²) in [4.78, 5) is 10.6. The van der Waals surface area contributed by atoms with Crippen LogP contribution < -0.4 is 11.1 Å². The Kier molecular flexibility index (Phi) is 4.97. The molecule has 0 atom stereocenters. The molecule has 0 fully saturated rings. The Morgan fingerprint density at radius 2 is 2.11 bits per heavy atom. The maximum atomic E-state index is 12.8. The molecule has 0 aromatic heterocycles. The lowest BCUT2D eigenvalue weighted by atomic mass is 10.0. The summed E-state index contributed by atoms with van der Waals surface area (Å²) in [5, 5.41) is 2.55. The predicted octanol–water partition coefficient (Wildman–Crippen LogP) is 2.83. The first-order valence-electron chi connectivity index (χ1n) is 5.69. The lowest BCUT2D eigenvalue weighted by Gasteiger charge is -2.12. The molecule has 1 aromatic rings. The highest BCUT2D eigenvalue weighted by atomic mass is 19.4. The van der Waals surface area contributed by atoms with E-state index in [4.69, 9.17) is 5.73 Å². The third-order valence-electron chi connectivity index (χ3n) is 2.41. The molecule has 0 heterocycles. The Balaban J connectivity index is 2.82. The Labute approximate surface area is 109 Å². The van der Waals surface area contributed by atoms with E-state index in [0.29, 0.717) is 13.0 Å². The molecule has 0 radical (unpaired) electrons. The number of hydrogen-bond donors (Lipinski definition) is 2. The van der Waals surface area contributed by atoms with E-state index in [1.807, 2.05) is 0 Å². The van der Waals surface area contributed by atoms with Crippen molar-refractivity contribution in [1.29, 1.82) is 0 Å². The number of hydrogen-bond acceptors (Lipinski definition) is 2. The molecule has 0 aliphatic rings. The van der Waals surface area contributed by atoms with Crippen LogP contribution in [0.2, 0.25) is 0 Å². The van der Waals surface area contributed by atoms with Gasteiger partial charge in [0.1, 0.15) is 0 Å². The number of anilines is 1. The first-order chi connectivity index (χ1) is 8.82. The molecule has 3 nitrogen and oxygen atoms in total. The van der Waals surface area contributed by atoms with Gasteiger partial charge in [0, 0.05) is 24.7 Å². The van der Waals surface area contributed by atoms with E-state index in [2.05, 4.69) is 5.32 Å². The number of nitrogen functional groups attached to an aromatic ring is 1. The Hall–Kier alpha value is -1.98. The van der Waals surface area contributed by atoms with E-state index >= 15 is 0 Å². The second kappa shape index (κ2) is 6.26. The highest BCUT2D eigenvalue weighted by Crippen LogP contribution is 2.34. The van der Waals surface area contributed by atoms with Crippen molar-refractivity contribution in [1.82, 2.24) is 5.32 Å². The van der Waals surface area contributed by atoms with Crippen LogP contribution in [0.25, 0.3) is 6.08 Å². The van der Waals surface area contributed by atoms with Crippen molar-refractivity contribution >= 4 is 17.7 Å². The molecule has 0 spiro atoms. The maximum Gasteiger partial charge on any atom is 0.417 e. The summed E-state index contributed by atoms with van der Waals surface area (Å²) in [6, 6.07) is 3.68. The zero-order valence-corrected chi connectivity index (χ0v) is 10.4. The first-order valence-corrected chi connectivity index (χ1v) is 5.69. The quantitative estimate of drug-likeness (QED) is 0.654. The molecule has 1 rings (SSSR count). The average Bonchev–Trinajstić information content (AvgIpc) is 2.28. The fourth-order valence-electron chi connectivity index (χ4n) is 1.55. The van der Waals surface area contributed by atoms with E-state index < -0.39 is 11.7 Å². The van der Waals surface area contributed by atoms with Crippen LogP contribution in [0.3, 0.4) is 0 Å². The number of halogens is 3. The van der Waals surface area contributed by atoms with E-state index in [1.165, 1.54) is 25.1 Å². The maximum absolute atomic E-state index is 12.8. The highest BCUT2D eigenvalue weighted by Gasteiger charge is 2.33. The van der Waals surface area contributed by atoms with Crippen molar-refractivity contribution < 1.29 is 18.0 Å². The number of nitrogens with two attached hydrogens (primary N) is 1. The molecule has 19 heavy (non-hydrogen) atoms. The van der Waals surface area contributed by atoms with Crippen LogP contribution in [0, 0.1) is 0 Å². The summed E-state index contributed by atoms with van der Waals surface area (Å²) in [5.41, 5.74) is 4.83. The largest absolute Gasteiger partial charge is 0.417 e. The number of alkyl halides is 3. The van der Waals surface area contributed by atoms with Gasteiger partial charge in [-0.05, 0) is 18.6 Å². The van der Waals surface area contributed by atoms with Crippen molar-refractivity contribution in [2.24, 2.45) is 0 Å².